The number of halogens is 1. The zero-order valence-corrected chi connectivity index (χ0v) is 32.3. The smallest absolute Gasteiger partial charge is 0.255 e. The van der Waals surface area contributed by atoms with Crippen molar-refractivity contribution in [1.29, 1.82) is 0 Å². The van der Waals surface area contributed by atoms with Crippen molar-refractivity contribution in [3.63, 3.8) is 0 Å². The van der Waals surface area contributed by atoms with E-state index >= 15 is 0 Å². The largest absolute Gasteiger partial charge is 0.372 e. The summed E-state index contributed by atoms with van der Waals surface area (Å²) >= 11 is 6.27. The van der Waals surface area contributed by atoms with Crippen LogP contribution < -0.4 is 15.5 Å². The molecular weight excluding hydrogens is 730 g/mol. The second kappa shape index (κ2) is 15.7. The van der Waals surface area contributed by atoms with Crippen LogP contribution in [0.5, 0.6) is 0 Å². The normalized spacial score (nSPS) is 22.7. The summed E-state index contributed by atoms with van der Waals surface area (Å²) in [6.45, 7) is 10.9. The summed E-state index contributed by atoms with van der Waals surface area (Å²) in [5, 5.41) is 6.05. The molecule has 3 aromatic carbocycles. The standard InChI is InChI=1S/C43H46ClN7O5/c1-45-37-12-11-34(21-36(37)44)48(2)33-9-7-32(8-10-33)46-40(53)27-5-3-26(4-6-27)22-49-17-15-28(16-18-49)42(55)50-23-29-19-31-25-51(38-13-14-39(52)47-41(38)54)43(56)35(31)20-30(29)24-50/h3-6,11-12,19-21,28,32-33,38H,7-10,13-18,22-25H2,2H3,(H,46,53)(H,47,52,54)/t32?,33?,38-/m0/s1. The summed E-state index contributed by atoms with van der Waals surface area (Å²) in [4.78, 5) is 75.6. The maximum absolute atomic E-state index is 13.7. The number of amides is 5. The Kier molecular flexibility index (Phi) is 10.6. The van der Waals surface area contributed by atoms with Gasteiger partial charge in [0.2, 0.25) is 23.4 Å². The van der Waals surface area contributed by atoms with Gasteiger partial charge in [-0.1, -0.05) is 35.9 Å². The molecule has 1 aliphatic carbocycles. The van der Waals surface area contributed by atoms with E-state index in [4.69, 9.17) is 18.2 Å². The number of rotatable bonds is 8. The molecule has 5 amide bonds. The first-order chi connectivity index (χ1) is 27.0. The van der Waals surface area contributed by atoms with E-state index in [-0.39, 0.29) is 42.0 Å². The number of nitrogens with zero attached hydrogens (tertiary/aromatic N) is 5. The van der Waals surface area contributed by atoms with Gasteiger partial charge >= 0.3 is 0 Å². The fraction of sp³-hybridized carbons (Fsp3) is 0.442. The van der Waals surface area contributed by atoms with E-state index in [1.807, 2.05) is 53.4 Å². The number of hydrogen-bond acceptors (Lipinski definition) is 7. The highest BCUT2D eigenvalue weighted by atomic mass is 35.5. The molecule has 0 spiro atoms. The van der Waals surface area contributed by atoms with E-state index < -0.39 is 11.9 Å². The van der Waals surface area contributed by atoms with Crippen molar-refractivity contribution in [2.45, 2.75) is 95.7 Å². The molecular formula is C43H46ClN7O5. The molecule has 4 heterocycles. The summed E-state index contributed by atoms with van der Waals surface area (Å²) in [5.74, 6) is -0.857. The van der Waals surface area contributed by atoms with Crippen LogP contribution in [0, 0.1) is 12.5 Å². The summed E-state index contributed by atoms with van der Waals surface area (Å²) < 4.78 is 0. The highest BCUT2D eigenvalue weighted by Crippen LogP contribution is 2.36. The van der Waals surface area contributed by atoms with Gasteiger partial charge in [-0.15, -0.1) is 0 Å². The molecule has 2 saturated heterocycles. The van der Waals surface area contributed by atoms with Gasteiger partial charge in [0.15, 0.2) is 0 Å². The van der Waals surface area contributed by atoms with E-state index in [0.717, 1.165) is 86.1 Å². The van der Waals surface area contributed by atoms with Crippen molar-refractivity contribution in [3.8, 4) is 0 Å². The van der Waals surface area contributed by atoms with Crippen molar-refractivity contribution in [2.75, 3.05) is 25.0 Å². The van der Waals surface area contributed by atoms with Crippen molar-refractivity contribution < 1.29 is 24.0 Å². The van der Waals surface area contributed by atoms with Crippen LogP contribution >= 0.6 is 11.6 Å². The lowest BCUT2D eigenvalue weighted by atomic mass is 9.90. The fourth-order valence-corrected chi connectivity index (χ4v) is 9.35. The van der Waals surface area contributed by atoms with Crippen LogP contribution in [0.4, 0.5) is 11.4 Å². The average Bonchev–Trinajstić information content (AvgIpc) is 3.77. The number of likely N-dealkylation sites (tertiary alicyclic amines) is 1. The Morgan fingerprint density at radius 2 is 1.61 bits per heavy atom. The first kappa shape index (κ1) is 37.7. The number of nitrogens with one attached hydrogen (secondary N) is 2. The lowest BCUT2D eigenvalue weighted by molar-refractivity contribution is -0.138. The van der Waals surface area contributed by atoms with Crippen molar-refractivity contribution in [2.24, 2.45) is 5.92 Å². The summed E-state index contributed by atoms with van der Waals surface area (Å²) in [5.41, 5.74) is 6.72. The Bertz CT molecular complexity index is 2120. The van der Waals surface area contributed by atoms with Crippen LogP contribution in [0.2, 0.25) is 5.02 Å². The van der Waals surface area contributed by atoms with E-state index in [2.05, 4.69) is 32.3 Å². The van der Waals surface area contributed by atoms with Crippen LogP contribution in [0.3, 0.4) is 0 Å². The zero-order valence-electron chi connectivity index (χ0n) is 31.6. The van der Waals surface area contributed by atoms with Crippen LogP contribution in [-0.4, -0.2) is 82.5 Å². The second-order valence-electron chi connectivity index (χ2n) is 16.0. The lowest BCUT2D eigenvalue weighted by Gasteiger charge is -2.36. The van der Waals surface area contributed by atoms with Gasteiger partial charge in [-0.05, 0) is 111 Å². The van der Waals surface area contributed by atoms with Crippen molar-refractivity contribution in [1.82, 2.24) is 25.3 Å². The number of carbonyl (C=O) groups excluding carboxylic acids is 5. The monoisotopic (exact) mass is 775 g/mol. The Hall–Kier alpha value is -5.25. The Labute approximate surface area is 331 Å². The van der Waals surface area contributed by atoms with Crippen molar-refractivity contribution in [3.05, 3.63) is 104 Å². The average molecular weight is 776 g/mol. The molecule has 2 N–H and O–H groups in total. The molecule has 1 atom stereocenters. The maximum atomic E-state index is 13.7. The van der Waals surface area contributed by atoms with E-state index in [9.17, 15) is 24.0 Å². The van der Waals surface area contributed by atoms with Gasteiger partial charge in [-0.3, -0.25) is 34.2 Å². The number of anilines is 1. The molecule has 0 radical (unpaired) electrons. The SMILES string of the molecule is [C-]#[N+]c1ccc(N(C)C2CCC(NC(=O)c3ccc(CN4CCC(C(=O)N5Cc6cc7c(cc6C5)C(=O)N([C@H]5CCC(=O)NC5=O)C7)CC4)cc3)CC2)cc1Cl. The third-order valence-corrected chi connectivity index (χ3v) is 12.8. The zero-order chi connectivity index (χ0) is 39.1. The van der Waals surface area contributed by atoms with E-state index in [0.29, 0.717) is 53.9 Å². The van der Waals surface area contributed by atoms with E-state index in [1.54, 1.807) is 11.0 Å². The molecule has 0 aromatic heterocycles. The Balaban J connectivity index is 0.770. The van der Waals surface area contributed by atoms with Crippen LogP contribution in [0.25, 0.3) is 4.85 Å². The summed E-state index contributed by atoms with van der Waals surface area (Å²) in [7, 11) is 2.06. The number of benzene rings is 3. The summed E-state index contributed by atoms with van der Waals surface area (Å²) in [6, 6.07) is 17.1. The molecule has 5 aliphatic rings. The Morgan fingerprint density at radius 3 is 2.29 bits per heavy atom. The van der Waals surface area contributed by atoms with E-state index in [1.165, 1.54) is 0 Å². The molecule has 3 fully saturated rings. The van der Waals surface area contributed by atoms with Crippen LogP contribution in [0.1, 0.15) is 94.3 Å². The highest BCUT2D eigenvalue weighted by molar-refractivity contribution is 6.33. The number of piperidine rings is 2. The van der Waals surface area contributed by atoms with Gasteiger partial charge in [0.05, 0.1) is 6.57 Å². The van der Waals surface area contributed by atoms with Gasteiger partial charge in [0.1, 0.15) is 6.04 Å². The van der Waals surface area contributed by atoms with Gasteiger partial charge in [0.25, 0.3) is 11.8 Å². The number of fused-ring (bicyclic) bond motifs is 2. The predicted octanol–water partition coefficient (Wildman–Crippen LogP) is 5.58. The molecule has 56 heavy (non-hydrogen) atoms. The van der Waals surface area contributed by atoms with Crippen molar-refractivity contribution >= 4 is 52.5 Å². The molecule has 1 saturated carbocycles. The first-order valence-corrected chi connectivity index (χ1v) is 20.0. The third kappa shape index (κ3) is 7.62. The minimum Gasteiger partial charge on any atom is -0.372 e. The highest BCUT2D eigenvalue weighted by Gasteiger charge is 2.41. The van der Waals surface area contributed by atoms with Crippen LogP contribution in [0.15, 0.2) is 54.6 Å². The number of imide groups is 1. The summed E-state index contributed by atoms with van der Waals surface area (Å²) in [6.07, 6.45) is 5.81. The molecule has 4 aliphatic heterocycles. The Morgan fingerprint density at radius 1 is 0.893 bits per heavy atom. The molecule has 290 valence electrons. The molecule has 0 bridgehead atoms. The minimum absolute atomic E-state index is 0.0472. The molecule has 12 nitrogen and oxygen atoms in total. The van der Waals surface area contributed by atoms with Gasteiger partial charge < -0.3 is 20.0 Å². The second-order valence-corrected chi connectivity index (χ2v) is 16.4. The lowest BCUT2D eigenvalue weighted by Crippen LogP contribution is -2.52. The molecule has 0 unspecified atom stereocenters. The number of hydrogen-bond donors (Lipinski definition) is 2. The first-order valence-electron chi connectivity index (χ1n) is 19.6. The number of carbonyl (C=O) groups is 5. The molecule has 3 aromatic rings. The van der Waals surface area contributed by atoms with Gasteiger partial charge in [0, 0.05) is 79.5 Å². The third-order valence-electron chi connectivity index (χ3n) is 12.5. The molecule has 13 heteroatoms. The van der Waals surface area contributed by atoms with Gasteiger partial charge in [-0.25, -0.2) is 4.85 Å². The maximum Gasteiger partial charge on any atom is 0.255 e. The minimum atomic E-state index is -0.641. The van der Waals surface area contributed by atoms with Gasteiger partial charge in [-0.2, -0.15) is 0 Å². The molecule has 8 rings (SSSR count). The quantitative estimate of drug-likeness (QED) is 0.226. The fourth-order valence-electron chi connectivity index (χ4n) is 9.14. The predicted molar refractivity (Wildman–Crippen MR) is 211 cm³/mol. The van der Waals surface area contributed by atoms with Crippen LogP contribution in [-0.2, 0) is 40.6 Å². The topological polar surface area (TPSA) is 127 Å².